The van der Waals surface area contributed by atoms with Gasteiger partial charge in [-0.3, -0.25) is 4.79 Å². The summed E-state index contributed by atoms with van der Waals surface area (Å²) in [4.78, 5) is 10.6. The van der Waals surface area contributed by atoms with Crippen LogP contribution in [0.25, 0.3) is 0 Å². The van der Waals surface area contributed by atoms with Crippen LogP contribution in [0.3, 0.4) is 0 Å². The van der Waals surface area contributed by atoms with Crippen molar-refractivity contribution in [3.63, 3.8) is 0 Å². The van der Waals surface area contributed by atoms with Gasteiger partial charge in [-0.2, -0.15) is 0 Å². The van der Waals surface area contributed by atoms with Crippen molar-refractivity contribution < 1.29 is 4.79 Å². The lowest BCUT2D eigenvalue weighted by Crippen LogP contribution is -2.38. The molecule has 3 heteroatoms. The van der Waals surface area contributed by atoms with Crippen LogP contribution in [0, 0.1) is 5.92 Å². The van der Waals surface area contributed by atoms with E-state index < -0.39 is 0 Å². The molecule has 0 aliphatic carbocycles. The number of carbonyl (C=O) groups is 1. The van der Waals surface area contributed by atoms with Gasteiger partial charge in [-0.15, -0.1) is 0 Å². The van der Waals surface area contributed by atoms with Crippen LogP contribution in [-0.4, -0.2) is 18.4 Å². The molecule has 3 nitrogen and oxygen atoms in total. The van der Waals surface area contributed by atoms with Crippen molar-refractivity contribution in [1.82, 2.24) is 0 Å². The van der Waals surface area contributed by atoms with Crippen molar-refractivity contribution in [3.05, 3.63) is 0 Å². The van der Waals surface area contributed by atoms with Gasteiger partial charge in [-0.1, -0.05) is 6.92 Å². The van der Waals surface area contributed by atoms with Crippen LogP contribution in [0.15, 0.2) is 0 Å². The van der Waals surface area contributed by atoms with Crippen LogP contribution in [-0.2, 0) is 4.79 Å². The van der Waals surface area contributed by atoms with Crippen molar-refractivity contribution in [2.75, 3.05) is 6.54 Å². The fourth-order valence-electron chi connectivity index (χ4n) is 0.547. The SMILES string of the molecule is CC(=O)C(N)[C@@H](C)CN. The van der Waals surface area contributed by atoms with Crippen molar-refractivity contribution >= 4 is 5.78 Å². The lowest BCUT2D eigenvalue weighted by Gasteiger charge is -2.13. The molecule has 0 spiro atoms. The monoisotopic (exact) mass is 130 g/mol. The van der Waals surface area contributed by atoms with Crippen molar-refractivity contribution in [2.24, 2.45) is 17.4 Å². The highest BCUT2D eigenvalue weighted by Gasteiger charge is 2.14. The number of nitrogens with two attached hydrogens (primary N) is 2. The molecule has 0 bridgehead atoms. The van der Waals surface area contributed by atoms with Crippen LogP contribution < -0.4 is 11.5 Å². The lowest BCUT2D eigenvalue weighted by atomic mass is 10.0. The fraction of sp³-hybridized carbons (Fsp3) is 0.833. The van der Waals surface area contributed by atoms with E-state index in [4.69, 9.17) is 11.5 Å². The Morgan fingerprint density at radius 1 is 1.67 bits per heavy atom. The van der Waals surface area contributed by atoms with Crippen LogP contribution in [0.2, 0.25) is 0 Å². The van der Waals surface area contributed by atoms with Gasteiger partial charge < -0.3 is 11.5 Å². The molecule has 0 aromatic heterocycles. The van der Waals surface area contributed by atoms with E-state index in [2.05, 4.69) is 0 Å². The molecule has 0 aromatic carbocycles. The molecule has 0 aliphatic rings. The van der Waals surface area contributed by atoms with E-state index in [-0.39, 0.29) is 17.7 Å². The quantitative estimate of drug-likeness (QED) is 0.541. The Hall–Kier alpha value is -0.410. The maximum atomic E-state index is 10.6. The highest BCUT2D eigenvalue weighted by molar-refractivity contribution is 5.81. The largest absolute Gasteiger partial charge is 0.330 e. The average Bonchev–Trinajstić information content (AvgIpc) is 1.84. The van der Waals surface area contributed by atoms with E-state index in [9.17, 15) is 4.79 Å². The molecule has 0 heterocycles. The predicted molar refractivity (Wildman–Crippen MR) is 36.9 cm³/mol. The summed E-state index contributed by atoms with van der Waals surface area (Å²) in [5.74, 6) is 0.107. The van der Waals surface area contributed by atoms with Crippen LogP contribution in [0.1, 0.15) is 13.8 Å². The molecule has 4 N–H and O–H groups in total. The number of ketones is 1. The van der Waals surface area contributed by atoms with E-state index in [1.807, 2.05) is 6.92 Å². The zero-order valence-corrected chi connectivity index (χ0v) is 5.92. The zero-order valence-electron chi connectivity index (χ0n) is 5.92. The molecule has 54 valence electrons. The van der Waals surface area contributed by atoms with E-state index in [1.54, 1.807) is 0 Å². The predicted octanol–water partition coefficient (Wildman–Crippen LogP) is -0.502. The van der Waals surface area contributed by atoms with Gasteiger partial charge in [0, 0.05) is 0 Å². The van der Waals surface area contributed by atoms with E-state index in [1.165, 1.54) is 6.92 Å². The minimum atomic E-state index is -0.380. The molecule has 0 amide bonds. The summed E-state index contributed by atoms with van der Waals surface area (Å²) in [5, 5.41) is 0. The van der Waals surface area contributed by atoms with E-state index in [0.29, 0.717) is 6.54 Å². The summed E-state index contributed by atoms with van der Waals surface area (Å²) in [6.45, 7) is 3.82. The van der Waals surface area contributed by atoms with Gasteiger partial charge in [-0.05, 0) is 19.4 Å². The molecule has 0 aliphatic heterocycles. The second-order valence-corrected chi connectivity index (χ2v) is 2.35. The molecule has 1 unspecified atom stereocenters. The highest BCUT2D eigenvalue weighted by atomic mass is 16.1. The first-order chi connectivity index (χ1) is 4.09. The third kappa shape index (κ3) is 2.58. The van der Waals surface area contributed by atoms with Crippen LogP contribution in [0.5, 0.6) is 0 Å². The number of hydrogen-bond donors (Lipinski definition) is 2. The van der Waals surface area contributed by atoms with E-state index in [0.717, 1.165) is 0 Å². The summed E-state index contributed by atoms with van der Waals surface area (Å²) in [7, 11) is 0. The molecule has 0 aromatic rings. The third-order valence-corrected chi connectivity index (χ3v) is 1.45. The van der Waals surface area contributed by atoms with E-state index >= 15 is 0 Å². The van der Waals surface area contributed by atoms with Gasteiger partial charge in [0.25, 0.3) is 0 Å². The van der Waals surface area contributed by atoms with Gasteiger partial charge in [0.2, 0.25) is 0 Å². The Labute approximate surface area is 55.4 Å². The Kier molecular flexibility index (Phi) is 3.42. The topological polar surface area (TPSA) is 69.1 Å². The number of hydrogen-bond acceptors (Lipinski definition) is 3. The molecular formula is C6H14N2O. The summed E-state index contributed by atoms with van der Waals surface area (Å²) in [5.41, 5.74) is 10.7. The van der Waals surface area contributed by atoms with Crippen LogP contribution in [0.4, 0.5) is 0 Å². The Morgan fingerprint density at radius 2 is 2.11 bits per heavy atom. The summed E-state index contributed by atoms with van der Waals surface area (Å²) >= 11 is 0. The summed E-state index contributed by atoms with van der Waals surface area (Å²) < 4.78 is 0. The Bertz CT molecular complexity index is 103. The van der Waals surface area contributed by atoms with Gasteiger partial charge in [0.15, 0.2) is 0 Å². The molecule has 2 atom stereocenters. The second kappa shape index (κ2) is 3.58. The smallest absolute Gasteiger partial charge is 0.146 e. The first kappa shape index (κ1) is 8.59. The maximum Gasteiger partial charge on any atom is 0.146 e. The number of Topliss-reactive ketones (excluding diaryl/α,β-unsaturated/α-hetero) is 1. The summed E-state index contributed by atoms with van der Waals surface area (Å²) in [6.07, 6.45) is 0. The first-order valence-electron chi connectivity index (χ1n) is 3.05. The Balaban J connectivity index is 3.72. The minimum Gasteiger partial charge on any atom is -0.330 e. The van der Waals surface area contributed by atoms with Crippen molar-refractivity contribution in [2.45, 2.75) is 19.9 Å². The zero-order chi connectivity index (χ0) is 7.44. The van der Waals surface area contributed by atoms with Gasteiger partial charge in [-0.25, -0.2) is 0 Å². The first-order valence-corrected chi connectivity index (χ1v) is 3.05. The average molecular weight is 130 g/mol. The molecular weight excluding hydrogens is 116 g/mol. The molecule has 0 fully saturated rings. The minimum absolute atomic E-state index is 0.00736. The van der Waals surface area contributed by atoms with Gasteiger partial charge in [0.05, 0.1) is 6.04 Å². The molecule has 0 rings (SSSR count). The number of rotatable bonds is 3. The lowest BCUT2D eigenvalue weighted by molar-refractivity contribution is -0.119. The summed E-state index contributed by atoms with van der Waals surface area (Å²) in [6, 6.07) is -0.380. The number of carbonyl (C=O) groups excluding carboxylic acids is 1. The van der Waals surface area contributed by atoms with Crippen molar-refractivity contribution in [1.29, 1.82) is 0 Å². The standard InChI is InChI=1S/C6H14N2O/c1-4(3-7)6(8)5(2)9/h4,6H,3,7-8H2,1-2H3/t4-,6?/m0/s1. The maximum absolute atomic E-state index is 10.6. The third-order valence-electron chi connectivity index (χ3n) is 1.45. The molecule has 9 heavy (non-hydrogen) atoms. The molecule has 0 saturated carbocycles. The fourth-order valence-corrected chi connectivity index (χ4v) is 0.547. The van der Waals surface area contributed by atoms with Crippen molar-refractivity contribution in [3.8, 4) is 0 Å². The molecule has 0 radical (unpaired) electrons. The van der Waals surface area contributed by atoms with Crippen LogP contribution >= 0.6 is 0 Å². The normalized spacial score (nSPS) is 16.9. The second-order valence-electron chi connectivity index (χ2n) is 2.35. The molecule has 0 saturated heterocycles. The van der Waals surface area contributed by atoms with Gasteiger partial charge >= 0.3 is 0 Å². The highest BCUT2D eigenvalue weighted by Crippen LogP contribution is 1.97. The van der Waals surface area contributed by atoms with Gasteiger partial charge in [0.1, 0.15) is 5.78 Å². The Morgan fingerprint density at radius 3 is 2.22 bits per heavy atom.